The van der Waals surface area contributed by atoms with E-state index in [1.165, 1.54) is 0 Å². The second kappa shape index (κ2) is 8.49. The van der Waals surface area contributed by atoms with E-state index >= 15 is 0 Å². The summed E-state index contributed by atoms with van der Waals surface area (Å²) in [6.45, 7) is 4.40. The van der Waals surface area contributed by atoms with Crippen molar-refractivity contribution < 1.29 is 9.53 Å². The van der Waals surface area contributed by atoms with Gasteiger partial charge in [-0.15, -0.1) is 0 Å². The van der Waals surface area contributed by atoms with Gasteiger partial charge in [0, 0.05) is 32.2 Å². The first-order valence-electron chi connectivity index (χ1n) is 10.4. The fraction of sp³-hybridized carbons (Fsp3) is 0.619. The standard InChI is InChI=1S/C21H30N4O3/c1-28-15-14-24-18-4-2-3-5-19(18)25(21(24)27)17-8-12-23(13-9-17)20(26)16-6-10-22-11-7-16/h2-5,16-17,22H,6-15H2,1H3. The highest BCUT2D eigenvalue weighted by atomic mass is 16.5. The van der Waals surface area contributed by atoms with Crippen LogP contribution in [0.4, 0.5) is 0 Å². The summed E-state index contributed by atoms with van der Waals surface area (Å²) in [5.41, 5.74) is 1.96. The number of nitrogens with one attached hydrogen (secondary N) is 1. The van der Waals surface area contributed by atoms with E-state index in [0.717, 1.165) is 62.9 Å². The number of amides is 1. The number of nitrogens with zero attached hydrogens (tertiary/aromatic N) is 3. The number of para-hydroxylation sites is 2. The van der Waals surface area contributed by atoms with E-state index < -0.39 is 0 Å². The van der Waals surface area contributed by atoms with Gasteiger partial charge in [0.15, 0.2) is 0 Å². The zero-order chi connectivity index (χ0) is 19.5. The maximum atomic E-state index is 13.1. The number of carbonyl (C=O) groups excluding carboxylic acids is 1. The van der Waals surface area contributed by atoms with Gasteiger partial charge in [-0.05, 0) is 50.9 Å². The lowest BCUT2D eigenvalue weighted by molar-refractivity contribution is -0.137. The van der Waals surface area contributed by atoms with Crippen molar-refractivity contribution in [3.8, 4) is 0 Å². The second-order valence-corrected chi connectivity index (χ2v) is 7.87. The monoisotopic (exact) mass is 386 g/mol. The van der Waals surface area contributed by atoms with Crippen LogP contribution in [0.3, 0.4) is 0 Å². The average molecular weight is 386 g/mol. The Kier molecular flexibility index (Phi) is 5.82. The van der Waals surface area contributed by atoms with Gasteiger partial charge in [-0.2, -0.15) is 0 Å². The fourth-order valence-electron chi connectivity index (χ4n) is 4.66. The lowest BCUT2D eigenvalue weighted by Gasteiger charge is -2.35. The number of hydrogen-bond acceptors (Lipinski definition) is 4. The number of carbonyl (C=O) groups is 1. The van der Waals surface area contributed by atoms with Gasteiger partial charge in [0.2, 0.25) is 5.91 Å². The Morgan fingerprint density at radius 3 is 2.46 bits per heavy atom. The van der Waals surface area contributed by atoms with E-state index in [1.807, 2.05) is 38.3 Å². The molecule has 0 radical (unpaired) electrons. The molecule has 1 aromatic carbocycles. The molecule has 2 aromatic rings. The molecule has 0 unspecified atom stereocenters. The Morgan fingerprint density at radius 1 is 1.11 bits per heavy atom. The zero-order valence-corrected chi connectivity index (χ0v) is 16.6. The second-order valence-electron chi connectivity index (χ2n) is 7.87. The number of piperidine rings is 2. The summed E-state index contributed by atoms with van der Waals surface area (Å²) < 4.78 is 8.94. The van der Waals surface area contributed by atoms with E-state index in [4.69, 9.17) is 4.74 Å². The SMILES string of the molecule is COCCn1c(=O)n(C2CCN(C(=O)C3CCNCC3)CC2)c2ccccc21. The van der Waals surface area contributed by atoms with Crippen molar-refractivity contribution in [2.45, 2.75) is 38.3 Å². The van der Waals surface area contributed by atoms with Gasteiger partial charge in [0.25, 0.3) is 0 Å². The first-order valence-corrected chi connectivity index (χ1v) is 10.4. The van der Waals surface area contributed by atoms with Gasteiger partial charge in [-0.1, -0.05) is 12.1 Å². The molecule has 28 heavy (non-hydrogen) atoms. The molecule has 7 nitrogen and oxygen atoms in total. The summed E-state index contributed by atoms with van der Waals surface area (Å²) in [5.74, 6) is 0.464. The van der Waals surface area contributed by atoms with E-state index in [2.05, 4.69) is 5.32 Å². The number of fused-ring (bicyclic) bond motifs is 1. The first-order chi connectivity index (χ1) is 13.7. The van der Waals surface area contributed by atoms with Gasteiger partial charge in [-0.25, -0.2) is 4.79 Å². The van der Waals surface area contributed by atoms with Crippen molar-refractivity contribution in [3.63, 3.8) is 0 Å². The molecule has 2 saturated heterocycles. The molecule has 1 amide bonds. The first kappa shape index (κ1) is 19.2. The molecule has 0 spiro atoms. The third-order valence-electron chi connectivity index (χ3n) is 6.22. The Balaban J connectivity index is 1.51. The molecule has 4 rings (SSSR count). The molecule has 2 aliphatic rings. The molecule has 152 valence electrons. The third-order valence-corrected chi connectivity index (χ3v) is 6.22. The third kappa shape index (κ3) is 3.61. The van der Waals surface area contributed by atoms with Crippen molar-refractivity contribution in [3.05, 3.63) is 34.7 Å². The van der Waals surface area contributed by atoms with Crippen LogP contribution < -0.4 is 11.0 Å². The van der Waals surface area contributed by atoms with Crippen molar-refractivity contribution in [2.75, 3.05) is 39.9 Å². The number of likely N-dealkylation sites (tertiary alicyclic amines) is 1. The van der Waals surface area contributed by atoms with Crippen molar-refractivity contribution in [1.82, 2.24) is 19.4 Å². The number of imidazole rings is 1. The van der Waals surface area contributed by atoms with Crippen LogP contribution in [0.25, 0.3) is 11.0 Å². The highest BCUT2D eigenvalue weighted by Gasteiger charge is 2.31. The normalized spacial score (nSPS) is 19.4. The molecular formula is C21H30N4O3. The summed E-state index contributed by atoms with van der Waals surface area (Å²) in [6, 6.07) is 8.11. The lowest BCUT2D eigenvalue weighted by Crippen LogP contribution is -2.45. The minimum atomic E-state index is 0.0291. The highest BCUT2D eigenvalue weighted by molar-refractivity contribution is 5.79. The van der Waals surface area contributed by atoms with Gasteiger partial charge in [0.05, 0.1) is 24.2 Å². The van der Waals surface area contributed by atoms with Crippen LogP contribution in [-0.2, 0) is 16.1 Å². The number of aromatic nitrogens is 2. The van der Waals surface area contributed by atoms with Crippen LogP contribution in [0.2, 0.25) is 0 Å². The number of ether oxygens (including phenoxy) is 1. The molecule has 1 aromatic heterocycles. The summed E-state index contributed by atoms with van der Waals surface area (Å²) in [4.78, 5) is 28.0. The molecule has 2 fully saturated rings. The molecule has 3 heterocycles. The Bertz CT molecular complexity index is 873. The summed E-state index contributed by atoms with van der Waals surface area (Å²) in [7, 11) is 1.65. The molecule has 0 saturated carbocycles. The van der Waals surface area contributed by atoms with Crippen LogP contribution in [0.15, 0.2) is 29.1 Å². The Hall–Kier alpha value is -2.12. The van der Waals surface area contributed by atoms with Crippen LogP contribution >= 0.6 is 0 Å². The quantitative estimate of drug-likeness (QED) is 0.848. The van der Waals surface area contributed by atoms with E-state index in [-0.39, 0.29) is 17.6 Å². The maximum absolute atomic E-state index is 13.1. The molecule has 0 bridgehead atoms. The molecule has 2 aliphatic heterocycles. The fourth-order valence-corrected chi connectivity index (χ4v) is 4.66. The topological polar surface area (TPSA) is 68.5 Å². The number of methoxy groups -OCH3 is 1. The van der Waals surface area contributed by atoms with Crippen molar-refractivity contribution in [2.24, 2.45) is 5.92 Å². The van der Waals surface area contributed by atoms with Gasteiger partial charge in [0.1, 0.15) is 0 Å². The van der Waals surface area contributed by atoms with Crippen molar-refractivity contribution in [1.29, 1.82) is 0 Å². The predicted octanol–water partition coefficient (Wildman–Crippen LogP) is 1.61. The zero-order valence-electron chi connectivity index (χ0n) is 16.6. The number of hydrogen-bond donors (Lipinski definition) is 1. The number of benzene rings is 1. The molecular weight excluding hydrogens is 356 g/mol. The Labute approximate surface area is 165 Å². The molecule has 0 atom stereocenters. The maximum Gasteiger partial charge on any atom is 0.329 e. The van der Waals surface area contributed by atoms with Crippen LogP contribution in [0.1, 0.15) is 31.7 Å². The van der Waals surface area contributed by atoms with E-state index in [0.29, 0.717) is 19.1 Å². The minimum Gasteiger partial charge on any atom is -0.383 e. The molecule has 1 N–H and O–H groups in total. The van der Waals surface area contributed by atoms with Gasteiger partial charge in [-0.3, -0.25) is 13.9 Å². The van der Waals surface area contributed by atoms with E-state index in [1.54, 1.807) is 7.11 Å². The average Bonchev–Trinajstić information content (AvgIpc) is 3.03. The Morgan fingerprint density at radius 2 is 1.79 bits per heavy atom. The largest absolute Gasteiger partial charge is 0.383 e. The summed E-state index contributed by atoms with van der Waals surface area (Å²) in [5, 5.41) is 3.32. The molecule has 7 heteroatoms. The number of rotatable bonds is 5. The van der Waals surface area contributed by atoms with Crippen LogP contribution in [0.5, 0.6) is 0 Å². The minimum absolute atomic E-state index is 0.0291. The van der Waals surface area contributed by atoms with Crippen molar-refractivity contribution >= 4 is 16.9 Å². The van der Waals surface area contributed by atoms with Crippen LogP contribution in [0, 0.1) is 5.92 Å². The summed E-state index contributed by atoms with van der Waals surface area (Å²) >= 11 is 0. The van der Waals surface area contributed by atoms with Gasteiger partial charge < -0.3 is 15.0 Å². The predicted molar refractivity (Wildman–Crippen MR) is 109 cm³/mol. The van der Waals surface area contributed by atoms with Crippen LogP contribution in [-0.4, -0.2) is 59.8 Å². The highest BCUT2D eigenvalue weighted by Crippen LogP contribution is 2.27. The smallest absolute Gasteiger partial charge is 0.329 e. The lowest BCUT2D eigenvalue weighted by atomic mass is 9.95. The van der Waals surface area contributed by atoms with E-state index in [9.17, 15) is 9.59 Å². The molecule has 0 aliphatic carbocycles. The summed E-state index contributed by atoms with van der Waals surface area (Å²) in [6.07, 6.45) is 3.53. The van der Waals surface area contributed by atoms with Gasteiger partial charge >= 0.3 is 5.69 Å².